The highest BCUT2D eigenvalue weighted by molar-refractivity contribution is 8.00. The summed E-state index contributed by atoms with van der Waals surface area (Å²) < 4.78 is 38.7. The van der Waals surface area contributed by atoms with E-state index in [1.54, 1.807) is 16.8 Å². The fourth-order valence-corrected chi connectivity index (χ4v) is 6.42. The summed E-state index contributed by atoms with van der Waals surface area (Å²) in [5.74, 6) is 0.529. The van der Waals surface area contributed by atoms with Crippen molar-refractivity contribution >= 4 is 33.3 Å². The normalized spacial score (nSPS) is 24.8. The van der Waals surface area contributed by atoms with Gasteiger partial charge < -0.3 is 5.32 Å². The average molecular weight is 395 g/mol. The van der Waals surface area contributed by atoms with Crippen molar-refractivity contribution in [2.75, 3.05) is 22.6 Å². The van der Waals surface area contributed by atoms with E-state index in [0.29, 0.717) is 12.2 Å². The first kappa shape index (κ1) is 17.5. The standard InChI is InChI=1S/C17H18FN3O3S2/c1-10-15-16(11-2-4-12(18)5-3-11)25-8-14(22)19-17(15)21(20-10)13-6-7-26(23,24)9-13/h2-5,13,16H,6-9H2,1H3,(H,19,22)/t13-,16+/m1/s1. The van der Waals surface area contributed by atoms with E-state index in [-0.39, 0.29) is 40.3 Å². The molecule has 3 heterocycles. The number of halogens is 1. The van der Waals surface area contributed by atoms with E-state index < -0.39 is 9.84 Å². The van der Waals surface area contributed by atoms with Crippen LogP contribution in [0.4, 0.5) is 10.2 Å². The lowest BCUT2D eigenvalue weighted by molar-refractivity contribution is -0.113. The third-order valence-electron chi connectivity index (χ3n) is 4.76. The Bertz CT molecular complexity index is 970. The van der Waals surface area contributed by atoms with Gasteiger partial charge in [0, 0.05) is 5.56 Å². The Morgan fingerprint density at radius 1 is 1.31 bits per heavy atom. The van der Waals surface area contributed by atoms with Crippen molar-refractivity contribution in [2.45, 2.75) is 24.6 Å². The SMILES string of the molecule is Cc1nn([C@@H]2CCS(=O)(=O)C2)c2c1[C@H](c1ccc(F)cc1)SCC(=O)N2. The smallest absolute Gasteiger partial charge is 0.235 e. The van der Waals surface area contributed by atoms with Crippen LogP contribution in [-0.4, -0.2) is 41.4 Å². The predicted molar refractivity (Wildman–Crippen MR) is 98.6 cm³/mol. The van der Waals surface area contributed by atoms with Gasteiger partial charge in [-0.3, -0.25) is 4.79 Å². The van der Waals surface area contributed by atoms with Gasteiger partial charge in [0.15, 0.2) is 9.84 Å². The molecule has 138 valence electrons. The monoisotopic (exact) mass is 395 g/mol. The van der Waals surface area contributed by atoms with E-state index >= 15 is 0 Å². The van der Waals surface area contributed by atoms with Gasteiger partial charge in [0.2, 0.25) is 5.91 Å². The molecular weight excluding hydrogens is 377 g/mol. The van der Waals surface area contributed by atoms with Gasteiger partial charge in [0.05, 0.1) is 34.2 Å². The van der Waals surface area contributed by atoms with Crippen molar-refractivity contribution in [1.29, 1.82) is 0 Å². The predicted octanol–water partition coefficient (Wildman–Crippen LogP) is 2.46. The van der Waals surface area contributed by atoms with Crippen molar-refractivity contribution in [3.8, 4) is 0 Å². The summed E-state index contributed by atoms with van der Waals surface area (Å²) in [5, 5.41) is 7.29. The van der Waals surface area contributed by atoms with Crippen molar-refractivity contribution < 1.29 is 17.6 Å². The van der Waals surface area contributed by atoms with E-state index in [4.69, 9.17) is 0 Å². The van der Waals surface area contributed by atoms with Crippen molar-refractivity contribution in [3.63, 3.8) is 0 Å². The molecule has 2 atom stereocenters. The molecule has 1 amide bonds. The number of amides is 1. The molecule has 26 heavy (non-hydrogen) atoms. The van der Waals surface area contributed by atoms with Crippen LogP contribution in [0.2, 0.25) is 0 Å². The highest BCUT2D eigenvalue weighted by atomic mass is 32.2. The third kappa shape index (κ3) is 3.14. The average Bonchev–Trinajstić information content (AvgIpc) is 3.03. The Kier molecular flexibility index (Phi) is 4.31. The van der Waals surface area contributed by atoms with E-state index in [1.165, 1.54) is 23.9 Å². The van der Waals surface area contributed by atoms with Crippen LogP contribution >= 0.6 is 11.8 Å². The van der Waals surface area contributed by atoms with Crippen LogP contribution in [0.5, 0.6) is 0 Å². The van der Waals surface area contributed by atoms with Crippen molar-refractivity contribution in [1.82, 2.24) is 9.78 Å². The van der Waals surface area contributed by atoms with Crippen LogP contribution in [0, 0.1) is 12.7 Å². The first-order valence-electron chi connectivity index (χ1n) is 8.30. The Balaban J connectivity index is 1.81. The van der Waals surface area contributed by atoms with E-state index in [1.807, 2.05) is 6.92 Å². The summed E-state index contributed by atoms with van der Waals surface area (Å²) in [6.45, 7) is 1.85. The molecule has 0 unspecified atom stereocenters. The first-order chi connectivity index (χ1) is 12.3. The molecular formula is C17H18FN3O3S2. The van der Waals surface area contributed by atoms with Gasteiger partial charge in [0.1, 0.15) is 11.6 Å². The summed E-state index contributed by atoms with van der Waals surface area (Å²) in [7, 11) is -3.07. The Morgan fingerprint density at radius 3 is 2.69 bits per heavy atom. The number of nitrogens with zero attached hydrogens (tertiary/aromatic N) is 2. The van der Waals surface area contributed by atoms with E-state index in [2.05, 4.69) is 10.4 Å². The number of benzene rings is 1. The molecule has 0 bridgehead atoms. The molecule has 2 aliphatic rings. The molecule has 2 aromatic rings. The highest BCUT2D eigenvalue weighted by Crippen LogP contribution is 2.44. The molecule has 0 saturated carbocycles. The van der Waals surface area contributed by atoms with Gasteiger partial charge in [-0.05, 0) is 31.0 Å². The maximum absolute atomic E-state index is 13.3. The number of rotatable bonds is 2. The number of aryl methyl sites for hydroxylation is 1. The maximum atomic E-state index is 13.3. The fraction of sp³-hybridized carbons (Fsp3) is 0.412. The molecule has 0 radical (unpaired) electrons. The van der Waals surface area contributed by atoms with Crippen molar-refractivity contribution in [3.05, 3.63) is 46.9 Å². The van der Waals surface area contributed by atoms with Crippen LogP contribution in [0.3, 0.4) is 0 Å². The van der Waals surface area contributed by atoms with Gasteiger partial charge in [0.25, 0.3) is 0 Å². The van der Waals surface area contributed by atoms with Gasteiger partial charge in [-0.15, -0.1) is 11.8 Å². The zero-order valence-electron chi connectivity index (χ0n) is 14.1. The lowest BCUT2D eigenvalue weighted by Crippen LogP contribution is -2.20. The molecule has 9 heteroatoms. The molecule has 0 aliphatic carbocycles. The Hall–Kier alpha value is -1.87. The van der Waals surface area contributed by atoms with Gasteiger partial charge in [-0.1, -0.05) is 12.1 Å². The molecule has 4 rings (SSSR count). The minimum Gasteiger partial charge on any atom is -0.310 e. The lowest BCUT2D eigenvalue weighted by atomic mass is 10.0. The van der Waals surface area contributed by atoms with Gasteiger partial charge in [-0.2, -0.15) is 5.10 Å². The zero-order valence-corrected chi connectivity index (χ0v) is 15.7. The molecule has 2 aliphatic heterocycles. The molecule has 1 aromatic carbocycles. The summed E-state index contributed by atoms with van der Waals surface area (Å²) in [5.41, 5.74) is 2.49. The number of nitrogens with one attached hydrogen (secondary N) is 1. The number of hydrogen-bond donors (Lipinski definition) is 1. The molecule has 6 nitrogen and oxygen atoms in total. The van der Waals surface area contributed by atoms with E-state index in [9.17, 15) is 17.6 Å². The zero-order chi connectivity index (χ0) is 18.5. The second kappa shape index (κ2) is 6.38. The summed E-state index contributed by atoms with van der Waals surface area (Å²) in [4.78, 5) is 12.2. The third-order valence-corrected chi connectivity index (χ3v) is 7.78. The second-order valence-corrected chi connectivity index (χ2v) is 9.96. The Labute approximate surface area is 155 Å². The van der Waals surface area contributed by atoms with Crippen LogP contribution < -0.4 is 5.32 Å². The largest absolute Gasteiger partial charge is 0.310 e. The summed E-state index contributed by atoms with van der Waals surface area (Å²) in [6.07, 6.45) is 0.486. The minimum absolute atomic E-state index is 0.0325. The number of carbonyl (C=O) groups is 1. The highest BCUT2D eigenvalue weighted by Gasteiger charge is 2.36. The fourth-order valence-electron chi connectivity index (χ4n) is 3.54. The number of thioether (sulfide) groups is 1. The first-order valence-corrected chi connectivity index (χ1v) is 11.2. The topological polar surface area (TPSA) is 81.1 Å². The number of sulfone groups is 1. The van der Waals surface area contributed by atoms with Crippen LogP contribution in [0.1, 0.15) is 34.5 Å². The van der Waals surface area contributed by atoms with Crippen molar-refractivity contribution in [2.24, 2.45) is 0 Å². The second-order valence-electron chi connectivity index (χ2n) is 6.64. The summed E-state index contributed by atoms with van der Waals surface area (Å²) in [6, 6.07) is 5.95. The number of carbonyl (C=O) groups excluding carboxylic acids is 1. The maximum Gasteiger partial charge on any atom is 0.235 e. The summed E-state index contributed by atoms with van der Waals surface area (Å²) >= 11 is 1.46. The molecule has 1 fully saturated rings. The lowest BCUT2D eigenvalue weighted by Gasteiger charge is -2.16. The number of anilines is 1. The molecule has 1 saturated heterocycles. The quantitative estimate of drug-likeness (QED) is 0.845. The molecule has 0 spiro atoms. The van der Waals surface area contributed by atoms with Crippen LogP contribution in [-0.2, 0) is 14.6 Å². The minimum atomic E-state index is -3.07. The van der Waals surface area contributed by atoms with Crippen LogP contribution in [0.25, 0.3) is 0 Å². The number of hydrogen-bond acceptors (Lipinski definition) is 5. The number of aromatic nitrogens is 2. The number of fused-ring (bicyclic) bond motifs is 1. The Morgan fingerprint density at radius 2 is 2.04 bits per heavy atom. The molecule has 1 aromatic heterocycles. The van der Waals surface area contributed by atoms with E-state index in [0.717, 1.165) is 16.8 Å². The molecule has 1 N–H and O–H groups in total. The van der Waals surface area contributed by atoms with Crippen LogP contribution in [0.15, 0.2) is 24.3 Å². The van der Waals surface area contributed by atoms with Gasteiger partial charge in [-0.25, -0.2) is 17.5 Å². The van der Waals surface area contributed by atoms with Gasteiger partial charge >= 0.3 is 0 Å².